The molecule has 0 bridgehead atoms. The molecule has 2 unspecified atom stereocenters. The van der Waals surface area contributed by atoms with Gasteiger partial charge in [-0.1, -0.05) is 0 Å². The average Bonchev–Trinajstić information content (AvgIpc) is 3.68. The Balaban J connectivity index is 1.41. The first-order chi connectivity index (χ1) is 19.0. The van der Waals surface area contributed by atoms with Crippen LogP contribution >= 0.6 is 0 Å². The van der Waals surface area contributed by atoms with Crippen molar-refractivity contribution in [3.05, 3.63) is 56.0 Å². The van der Waals surface area contributed by atoms with Crippen molar-refractivity contribution in [1.29, 1.82) is 0 Å². The first-order valence-corrected chi connectivity index (χ1v) is 13.0. The number of hydrogen-bond acceptors (Lipinski definition) is 9. The highest BCUT2D eigenvalue weighted by atomic mass is 19.1. The lowest BCUT2D eigenvalue weighted by Gasteiger charge is -2.42. The van der Waals surface area contributed by atoms with Gasteiger partial charge in [0.2, 0.25) is 5.43 Å². The number of aromatic nitrogens is 3. The van der Waals surface area contributed by atoms with Gasteiger partial charge in [-0.3, -0.25) is 9.69 Å². The number of methoxy groups -OCH3 is 1. The van der Waals surface area contributed by atoms with Crippen LogP contribution in [0.2, 0.25) is 0 Å². The summed E-state index contributed by atoms with van der Waals surface area (Å²) in [6, 6.07) is 0.977. The fraction of sp³-hybridized carbons (Fsp3) is 0.500. The molecule has 2 aromatic heterocycles. The maximum absolute atomic E-state index is 15.7. The summed E-state index contributed by atoms with van der Waals surface area (Å²) in [5.41, 5.74) is -0.600. The van der Waals surface area contributed by atoms with Gasteiger partial charge in [0.1, 0.15) is 30.1 Å². The van der Waals surface area contributed by atoms with E-state index in [0.717, 1.165) is 18.9 Å². The number of ether oxygens (including phenoxy) is 1. The topological polar surface area (TPSA) is 156 Å². The number of fused-ring (bicyclic) bond motifs is 1. The van der Waals surface area contributed by atoms with Crippen molar-refractivity contribution in [2.75, 3.05) is 38.2 Å². The van der Waals surface area contributed by atoms with Gasteiger partial charge in [0, 0.05) is 51.4 Å². The van der Waals surface area contributed by atoms with Gasteiger partial charge >= 0.3 is 11.8 Å². The van der Waals surface area contributed by atoms with E-state index in [0.29, 0.717) is 31.0 Å². The maximum atomic E-state index is 15.7. The number of carboxylic acid groups (broad SMARTS) is 1. The summed E-state index contributed by atoms with van der Waals surface area (Å²) in [6.45, 7) is 5.08. The van der Waals surface area contributed by atoms with Crippen molar-refractivity contribution < 1.29 is 29.1 Å². The first kappa shape index (κ1) is 27.5. The number of aliphatic hydroxyl groups is 1. The van der Waals surface area contributed by atoms with E-state index >= 15 is 4.39 Å². The fourth-order valence-electron chi connectivity index (χ4n) is 5.56. The third-order valence-corrected chi connectivity index (χ3v) is 7.71. The van der Waals surface area contributed by atoms with Crippen molar-refractivity contribution in [3.8, 4) is 5.75 Å². The Morgan fingerprint density at radius 1 is 1.32 bits per heavy atom. The molecular formula is C26H31FN6O7. The van der Waals surface area contributed by atoms with E-state index in [1.807, 2.05) is 16.7 Å². The highest BCUT2D eigenvalue weighted by Crippen LogP contribution is 2.44. The minimum Gasteiger partial charge on any atom is -0.492 e. The number of pyridine rings is 1. The third-order valence-electron chi connectivity index (χ3n) is 7.71. The second-order valence-corrected chi connectivity index (χ2v) is 10.4. The van der Waals surface area contributed by atoms with E-state index < -0.39 is 33.8 Å². The molecular weight excluding hydrogens is 527 g/mol. The second-order valence-electron chi connectivity index (χ2n) is 10.4. The highest BCUT2D eigenvalue weighted by Gasteiger charge is 2.34. The molecule has 40 heavy (non-hydrogen) atoms. The molecule has 2 aliphatic rings. The molecule has 1 aromatic carbocycles. The van der Waals surface area contributed by atoms with E-state index in [9.17, 15) is 29.9 Å². The van der Waals surface area contributed by atoms with Gasteiger partial charge < -0.3 is 34.5 Å². The van der Waals surface area contributed by atoms with Crippen molar-refractivity contribution in [2.45, 2.75) is 51.4 Å². The number of carbonyl (C=O) groups is 1. The highest BCUT2D eigenvalue weighted by molar-refractivity contribution is 5.97. The number of β-amino-alcohol motifs (C(OH)–C–C–N with tert-alkyl or cyclic N) is 1. The summed E-state index contributed by atoms with van der Waals surface area (Å²) in [6.07, 6.45) is 3.21. The molecule has 2 fully saturated rings. The number of hydrogen-bond donors (Lipinski definition) is 2. The molecule has 3 aromatic rings. The van der Waals surface area contributed by atoms with Crippen molar-refractivity contribution in [1.82, 2.24) is 19.0 Å². The Kier molecular flexibility index (Phi) is 7.23. The third kappa shape index (κ3) is 4.88. The molecule has 3 heterocycles. The molecule has 1 aliphatic heterocycles. The van der Waals surface area contributed by atoms with Gasteiger partial charge in [0.25, 0.3) is 0 Å². The Morgan fingerprint density at radius 2 is 2.05 bits per heavy atom. The molecule has 5 rings (SSSR count). The summed E-state index contributed by atoms with van der Waals surface area (Å²) in [7, 11) is 1.40. The SMILES string of the molecule is COc1c(N2CCN(CC(O)Cn3c([N+](=O)[O-])cnc3C)C(C)C2)c(F)cc2c(=O)c(C(=O)O)cn(C3CC3)c12. The number of imidazole rings is 1. The zero-order valence-electron chi connectivity index (χ0n) is 22.4. The number of anilines is 1. The van der Waals surface area contributed by atoms with Gasteiger partial charge in [-0.05, 0) is 30.8 Å². The largest absolute Gasteiger partial charge is 0.492 e. The van der Waals surface area contributed by atoms with Crippen LogP contribution in [0.3, 0.4) is 0 Å². The lowest BCUT2D eigenvalue weighted by molar-refractivity contribution is -0.392. The number of aromatic carboxylic acids is 1. The maximum Gasteiger partial charge on any atom is 0.342 e. The fourth-order valence-corrected chi connectivity index (χ4v) is 5.56. The zero-order valence-corrected chi connectivity index (χ0v) is 22.4. The van der Waals surface area contributed by atoms with E-state index in [1.165, 1.54) is 24.1 Å². The number of halogens is 1. The normalized spacial score (nSPS) is 18.7. The Morgan fingerprint density at radius 3 is 2.65 bits per heavy atom. The van der Waals surface area contributed by atoms with Crippen LogP contribution in [0.1, 0.15) is 42.0 Å². The van der Waals surface area contributed by atoms with Crippen LogP contribution in [0.25, 0.3) is 10.9 Å². The standard InChI is InChI=1S/C26H31FN6O7/c1-14-10-30(7-6-29(14)11-17(34)12-31-15(2)28-9-21(31)33(38)39)23-20(27)8-18-22(25(23)40-3)32(16-4-5-16)13-19(24(18)35)26(36)37/h8-9,13-14,16-17,34H,4-7,10-12H2,1-3H3,(H,36,37). The predicted molar refractivity (Wildman–Crippen MR) is 143 cm³/mol. The van der Waals surface area contributed by atoms with E-state index in [2.05, 4.69) is 4.98 Å². The minimum absolute atomic E-state index is 0.000581. The molecule has 1 saturated carbocycles. The van der Waals surface area contributed by atoms with Crippen LogP contribution in [0.15, 0.2) is 23.3 Å². The molecule has 1 aliphatic carbocycles. The van der Waals surface area contributed by atoms with Gasteiger partial charge in [-0.25, -0.2) is 18.7 Å². The Hall–Kier alpha value is -4.04. The average molecular weight is 559 g/mol. The van der Waals surface area contributed by atoms with Gasteiger partial charge in [-0.15, -0.1) is 0 Å². The predicted octanol–water partition coefficient (Wildman–Crippen LogP) is 2.17. The molecule has 13 nitrogen and oxygen atoms in total. The van der Waals surface area contributed by atoms with Crippen LogP contribution in [-0.2, 0) is 6.54 Å². The molecule has 0 spiro atoms. The van der Waals surface area contributed by atoms with Crippen LogP contribution in [0, 0.1) is 22.9 Å². The number of carboxylic acids is 1. The van der Waals surface area contributed by atoms with Crippen LogP contribution in [0.4, 0.5) is 15.9 Å². The number of nitro groups is 1. The van der Waals surface area contributed by atoms with Gasteiger partial charge in [-0.2, -0.15) is 0 Å². The molecule has 0 amide bonds. The van der Waals surface area contributed by atoms with Gasteiger partial charge in [0.15, 0.2) is 17.4 Å². The Bertz CT molecular complexity index is 1550. The summed E-state index contributed by atoms with van der Waals surface area (Å²) >= 11 is 0. The van der Waals surface area contributed by atoms with E-state index in [4.69, 9.17) is 4.74 Å². The summed E-state index contributed by atoms with van der Waals surface area (Å²) < 4.78 is 24.4. The molecule has 0 radical (unpaired) electrons. The zero-order chi connectivity index (χ0) is 28.9. The number of rotatable bonds is 9. The molecule has 2 N–H and O–H groups in total. The number of piperazine rings is 1. The lowest BCUT2D eigenvalue weighted by atomic mass is 10.1. The lowest BCUT2D eigenvalue weighted by Crippen LogP contribution is -2.54. The molecule has 14 heteroatoms. The molecule has 214 valence electrons. The van der Waals surface area contributed by atoms with Gasteiger partial charge in [0.05, 0.1) is 18.0 Å². The quantitative estimate of drug-likeness (QED) is 0.295. The monoisotopic (exact) mass is 558 g/mol. The van der Waals surface area contributed by atoms with E-state index in [1.54, 1.807) is 11.5 Å². The van der Waals surface area contributed by atoms with Crippen molar-refractivity contribution >= 4 is 28.4 Å². The van der Waals surface area contributed by atoms with Crippen LogP contribution in [0.5, 0.6) is 5.75 Å². The Labute approximate surface area is 228 Å². The van der Waals surface area contributed by atoms with Crippen LogP contribution < -0.4 is 15.1 Å². The number of nitrogens with zero attached hydrogens (tertiary/aromatic N) is 6. The first-order valence-electron chi connectivity index (χ1n) is 13.0. The smallest absolute Gasteiger partial charge is 0.342 e. The molecule has 2 atom stereocenters. The summed E-state index contributed by atoms with van der Waals surface area (Å²) in [5, 5.41) is 31.5. The summed E-state index contributed by atoms with van der Waals surface area (Å²) in [4.78, 5) is 43.2. The van der Waals surface area contributed by atoms with Crippen molar-refractivity contribution in [2.24, 2.45) is 0 Å². The number of aliphatic hydroxyl groups excluding tert-OH is 1. The second kappa shape index (κ2) is 10.5. The summed E-state index contributed by atoms with van der Waals surface area (Å²) in [5.74, 6) is -1.62. The molecule has 1 saturated heterocycles. The van der Waals surface area contributed by atoms with Crippen LogP contribution in [-0.4, -0.2) is 85.6 Å². The minimum atomic E-state index is -1.37. The number of aryl methyl sites for hydroxylation is 1. The van der Waals surface area contributed by atoms with E-state index in [-0.39, 0.29) is 47.8 Å². The number of benzene rings is 1. The van der Waals surface area contributed by atoms with Crippen molar-refractivity contribution in [3.63, 3.8) is 0 Å².